The Morgan fingerprint density at radius 2 is 1.65 bits per heavy atom. The summed E-state index contributed by atoms with van der Waals surface area (Å²) in [7, 11) is 0. The molecule has 4 saturated carbocycles. The van der Waals surface area contributed by atoms with Gasteiger partial charge in [0.1, 0.15) is 12.2 Å². The Bertz CT molecular complexity index is 592. The van der Waals surface area contributed by atoms with Crippen LogP contribution in [-0.2, 0) is 4.79 Å². The maximum Gasteiger partial charge on any atom is 0.170 e. The maximum absolute atomic E-state index is 13.1. The zero-order chi connectivity index (χ0) is 16.2. The van der Waals surface area contributed by atoms with Gasteiger partial charge in [-0.05, 0) is 74.0 Å². The van der Waals surface area contributed by atoms with Crippen molar-refractivity contribution in [3.8, 4) is 0 Å². The maximum atomic E-state index is 13.1. The van der Waals surface area contributed by atoms with Crippen LogP contribution in [0.5, 0.6) is 0 Å². The van der Waals surface area contributed by atoms with E-state index in [0.717, 1.165) is 19.3 Å². The van der Waals surface area contributed by atoms with E-state index in [-0.39, 0.29) is 5.78 Å². The fourth-order valence-corrected chi connectivity index (χ4v) is 5.94. The Labute approximate surface area is 141 Å². The van der Waals surface area contributed by atoms with Gasteiger partial charge in [0.15, 0.2) is 5.78 Å². The average molecular weight is 335 g/mol. The number of carbonyl (C=O) groups is 1. The van der Waals surface area contributed by atoms with Crippen molar-refractivity contribution in [2.45, 2.75) is 50.7 Å². The molecule has 4 aliphatic carbocycles. The fraction of sp³-hybridized carbons (Fsp3) is 0.632. The van der Waals surface area contributed by atoms with Gasteiger partial charge in [-0.2, -0.15) is 0 Å². The Morgan fingerprint density at radius 1 is 1.09 bits per heavy atom. The normalized spacial score (nSPS) is 37.6. The summed E-state index contributed by atoms with van der Waals surface area (Å²) in [6.07, 6.45) is 3.89. The largest absolute Gasteiger partial charge is 0.385 e. The Balaban J connectivity index is 1.56. The number of Topliss-reactive ketones (excluding diaryl/α,β-unsaturated/α-hetero) is 1. The van der Waals surface area contributed by atoms with Gasteiger partial charge in [-0.3, -0.25) is 4.79 Å². The number of ketones is 1. The Hall–Kier alpha value is -0.900. The highest BCUT2D eigenvalue weighted by molar-refractivity contribution is 6.30. The van der Waals surface area contributed by atoms with Crippen molar-refractivity contribution in [1.82, 2.24) is 0 Å². The minimum atomic E-state index is -1.36. The first-order valence-electron chi connectivity index (χ1n) is 8.63. The number of rotatable bonds is 4. The molecule has 2 N–H and O–H groups in total. The standard InChI is InChI=1S/C19H23ClO3/c20-15-3-1-2-14(7-15)16(21)17(22)18(23)19-8-11-4-12(9-19)6-13(5-11)10-19/h1-3,7,11-13,16-17,21-22H,4-6,8-10H2/t11?,12?,13?,16-,17+,19?/m0/s1. The van der Waals surface area contributed by atoms with Crippen molar-refractivity contribution in [3.05, 3.63) is 34.9 Å². The molecule has 3 nitrogen and oxygen atoms in total. The predicted molar refractivity (Wildman–Crippen MR) is 88.0 cm³/mol. The molecule has 0 spiro atoms. The van der Waals surface area contributed by atoms with E-state index in [1.165, 1.54) is 19.3 Å². The monoisotopic (exact) mass is 334 g/mol. The second-order valence-electron chi connectivity index (χ2n) is 8.01. The van der Waals surface area contributed by atoms with Gasteiger partial charge in [0.2, 0.25) is 0 Å². The summed E-state index contributed by atoms with van der Waals surface area (Å²) in [5.74, 6) is 1.77. The van der Waals surface area contributed by atoms with E-state index in [0.29, 0.717) is 28.3 Å². The van der Waals surface area contributed by atoms with Crippen LogP contribution in [0.3, 0.4) is 0 Å². The highest BCUT2D eigenvalue weighted by Crippen LogP contribution is 2.60. The van der Waals surface area contributed by atoms with E-state index in [1.807, 2.05) is 0 Å². The van der Waals surface area contributed by atoms with Gasteiger partial charge < -0.3 is 10.2 Å². The number of aliphatic hydroxyl groups is 2. The molecule has 23 heavy (non-hydrogen) atoms. The first-order chi connectivity index (χ1) is 11.0. The minimum Gasteiger partial charge on any atom is -0.385 e. The molecule has 0 heterocycles. The number of hydrogen-bond donors (Lipinski definition) is 2. The number of halogens is 1. The van der Waals surface area contributed by atoms with Crippen molar-refractivity contribution in [2.24, 2.45) is 23.2 Å². The predicted octanol–water partition coefficient (Wildman–Crippen LogP) is 3.52. The van der Waals surface area contributed by atoms with E-state index in [1.54, 1.807) is 24.3 Å². The second-order valence-corrected chi connectivity index (χ2v) is 8.44. The van der Waals surface area contributed by atoms with Crippen LogP contribution >= 0.6 is 11.6 Å². The molecule has 124 valence electrons. The number of benzene rings is 1. The zero-order valence-electron chi connectivity index (χ0n) is 13.1. The molecule has 4 fully saturated rings. The Morgan fingerprint density at radius 3 is 2.17 bits per heavy atom. The average Bonchev–Trinajstić information content (AvgIpc) is 2.51. The number of carbonyl (C=O) groups excluding carboxylic acids is 1. The zero-order valence-corrected chi connectivity index (χ0v) is 13.9. The van der Waals surface area contributed by atoms with Crippen LogP contribution in [-0.4, -0.2) is 22.1 Å². The highest BCUT2D eigenvalue weighted by Gasteiger charge is 2.56. The first-order valence-corrected chi connectivity index (χ1v) is 9.00. The molecular weight excluding hydrogens is 312 g/mol. The lowest BCUT2D eigenvalue weighted by Gasteiger charge is -2.56. The summed E-state index contributed by atoms with van der Waals surface area (Å²) < 4.78 is 0. The molecule has 1 aromatic carbocycles. The van der Waals surface area contributed by atoms with Crippen LogP contribution in [0.2, 0.25) is 5.02 Å². The van der Waals surface area contributed by atoms with Crippen LogP contribution in [0.25, 0.3) is 0 Å². The molecule has 1 aromatic rings. The van der Waals surface area contributed by atoms with Gasteiger partial charge in [0.25, 0.3) is 0 Å². The van der Waals surface area contributed by atoms with Crippen LogP contribution in [0.4, 0.5) is 0 Å². The molecular formula is C19H23ClO3. The summed E-state index contributed by atoms with van der Waals surface area (Å²) >= 11 is 5.95. The molecule has 0 radical (unpaired) electrons. The molecule has 0 saturated heterocycles. The van der Waals surface area contributed by atoms with E-state index in [2.05, 4.69) is 0 Å². The minimum absolute atomic E-state index is 0.149. The molecule has 0 amide bonds. The van der Waals surface area contributed by atoms with E-state index >= 15 is 0 Å². The summed E-state index contributed by atoms with van der Waals surface area (Å²) in [5, 5.41) is 21.5. The van der Waals surface area contributed by atoms with Crippen LogP contribution < -0.4 is 0 Å². The van der Waals surface area contributed by atoms with Gasteiger partial charge in [-0.1, -0.05) is 23.7 Å². The van der Waals surface area contributed by atoms with Gasteiger partial charge >= 0.3 is 0 Å². The summed E-state index contributed by atoms with van der Waals surface area (Å²) in [6, 6.07) is 6.75. The highest BCUT2D eigenvalue weighted by atomic mass is 35.5. The lowest BCUT2D eigenvalue weighted by molar-refractivity contribution is -0.158. The molecule has 0 aromatic heterocycles. The topological polar surface area (TPSA) is 57.5 Å². The fourth-order valence-electron chi connectivity index (χ4n) is 5.74. The molecule has 2 atom stereocenters. The number of hydrogen-bond acceptors (Lipinski definition) is 3. The molecule has 0 aliphatic heterocycles. The third-order valence-electron chi connectivity index (χ3n) is 6.32. The molecule has 4 heteroatoms. The van der Waals surface area contributed by atoms with Gasteiger partial charge in [-0.25, -0.2) is 0 Å². The van der Waals surface area contributed by atoms with Gasteiger partial charge in [0, 0.05) is 10.4 Å². The smallest absolute Gasteiger partial charge is 0.170 e. The lowest BCUT2D eigenvalue weighted by atomic mass is 9.48. The Kier molecular flexibility index (Phi) is 3.79. The van der Waals surface area contributed by atoms with Crippen molar-refractivity contribution in [2.75, 3.05) is 0 Å². The van der Waals surface area contributed by atoms with Crippen LogP contribution in [0.15, 0.2) is 24.3 Å². The number of aliphatic hydroxyl groups excluding tert-OH is 2. The second kappa shape index (κ2) is 5.58. The molecule has 0 unspecified atom stereocenters. The van der Waals surface area contributed by atoms with Gasteiger partial charge in [-0.15, -0.1) is 0 Å². The molecule has 5 rings (SSSR count). The van der Waals surface area contributed by atoms with E-state index in [9.17, 15) is 15.0 Å². The van der Waals surface area contributed by atoms with E-state index < -0.39 is 17.6 Å². The van der Waals surface area contributed by atoms with E-state index in [4.69, 9.17) is 11.6 Å². The van der Waals surface area contributed by atoms with Crippen molar-refractivity contribution in [1.29, 1.82) is 0 Å². The first kappa shape index (κ1) is 15.6. The third kappa shape index (κ3) is 2.63. The summed E-state index contributed by atoms with van der Waals surface area (Å²) in [6.45, 7) is 0. The lowest BCUT2D eigenvalue weighted by Crippen LogP contribution is -2.53. The molecule has 4 aliphatic rings. The van der Waals surface area contributed by atoms with Crippen molar-refractivity contribution in [3.63, 3.8) is 0 Å². The SMILES string of the molecule is O=C([C@H](O)[C@@H](O)c1cccc(Cl)c1)C12CC3CC(CC(C3)C1)C2. The summed E-state index contributed by atoms with van der Waals surface area (Å²) in [5.41, 5.74) is 0.108. The van der Waals surface area contributed by atoms with Crippen LogP contribution in [0, 0.1) is 23.2 Å². The van der Waals surface area contributed by atoms with Crippen LogP contribution in [0.1, 0.15) is 50.2 Å². The summed E-state index contributed by atoms with van der Waals surface area (Å²) in [4.78, 5) is 13.1. The van der Waals surface area contributed by atoms with Gasteiger partial charge in [0.05, 0.1) is 0 Å². The quantitative estimate of drug-likeness (QED) is 0.885. The van der Waals surface area contributed by atoms with Crippen molar-refractivity contribution < 1.29 is 15.0 Å². The molecule has 4 bridgehead atoms. The van der Waals surface area contributed by atoms with Crippen molar-refractivity contribution >= 4 is 17.4 Å². The third-order valence-corrected chi connectivity index (χ3v) is 6.55.